The molecule has 1 aliphatic rings. The second kappa shape index (κ2) is 6.10. The molecule has 1 aromatic carbocycles. The van der Waals surface area contributed by atoms with E-state index in [1.54, 1.807) is 23.1 Å². The topological polar surface area (TPSA) is 96.3 Å². The van der Waals surface area contributed by atoms with Gasteiger partial charge < -0.3 is 4.90 Å². The monoisotopic (exact) mass is 360 g/mol. The number of carbonyl (C=O) groups is 1. The zero-order valence-corrected chi connectivity index (χ0v) is 14.5. The number of fused-ring (bicyclic) bond motifs is 1. The third-order valence-electron chi connectivity index (χ3n) is 3.26. The Morgan fingerprint density at radius 2 is 2.04 bits per heavy atom. The summed E-state index contributed by atoms with van der Waals surface area (Å²) in [5.41, 5.74) is 0.787. The van der Waals surface area contributed by atoms with Crippen LogP contribution in [0.1, 0.15) is 32.8 Å². The Bertz CT molecular complexity index is 768. The average molecular weight is 361 g/mol. The molecule has 0 unspecified atom stereocenters. The van der Waals surface area contributed by atoms with E-state index in [-0.39, 0.29) is 12.3 Å². The van der Waals surface area contributed by atoms with Crippen LogP contribution in [0, 0.1) is 5.41 Å². The van der Waals surface area contributed by atoms with Crippen molar-refractivity contribution in [1.82, 2.24) is 0 Å². The third kappa shape index (κ3) is 4.21. The van der Waals surface area contributed by atoms with E-state index in [4.69, 9.17) is 16.2 Å². The number of hydrogen-bond acceptors (Lipinski definition) is 5. The van der Waals surface area contributed by atoms with Crippen LogP contribution in [0.25, 0.3) is 0 Å². The normalized spacial score (nSPS) is 17.1. The van der Waals surface area contributed by atoms with Crippen molar-refractivity contribution < 1.29 is 22.0 Å². The van der Waals surface area contributed by atoms with Gasteiger partial charge in [0.15, 0.2) is 0 Å². The van der Waals surface area contributed by atoms with Crippen LogP contribution in [0.2, 0.25) is 5.02 Å². The molecular weight excluding hydrogens is 344 g/mol. The fraction of sp³-hybridized carbons (Fsp3) is 0.429. The molecule has 0 saturated heterocycles. The summed E-state index contributed by atoms with van der Waals surface area (Å²) in [6.07, 6.45) is 0.284. The minimum atomic E-state index is -4.68. The van der Waals surface area contributed by atoms with Gasteiger partial charge in [-0.05, 0) is 18.2 Å². The van der Waals surface area contributed by atoms with Crippen LogP contribution in [-0.4, -0.2) is 31.1 Å². The maximum Gasteiger partial charge on any atom is 0.466 e. The molecule has 0 spiro atoms. The van der Waals surface area contributed by atoms with Crippen LogP contribution in [0.3, 0.4) is 0 Å². The van der Waals surface area contributed by atoms with Crippen molar-refractivity contribution in [2.24, 2.45) is 10.6 Å². The lowest BCUT2D eigenvalue weighted by Gasteiger charge is -2.34. The lowest BCUT2D eigenvalue weighted by Crippen LogP contribution is -2.43. The maximum absolute atomic E-state index is 12.6. The van der Waals surface area contributed by atoms with Crippen molar-refractivity contribution in [2.45, 2.75) is 27.2 Å². The highest BCUT2D eigenvalue weighted by Crippen LogP contribution is 2.33. The van der Waals surface area contributed by atoms with Gasteiger partial charge in [-0.3, -0.25) is 9.35 Å². The van der Waals surface area contributed by atoms with Crippen molar-refractivity contribution in [1.29, 1.82) is 0 Å². The SMILES string of the molecule is CC(C)(C)C(=O)N1CC/C(=N/OS(=O)(=O)O)c2ccc(Cl)cc21. The van der Waals surface area contributed by atoms with Crippen LogP contribution in [-0.2, 0) is 19.5 Å². The number of carbonyl (C=O) groups excluding carboxylic acids is 1. The predicted octanol–water partition coefficient (Wildman–Crippen LogP) is 2.65. The third-order valence-corrected chi connectivity index (χ3v) is 3.76. The van der Waals surface area contributed by atoms with Crippen LogP contribution >= 0.6 is 11.6 Å². The first-order chi connectivity index (χ1) is 10.5. The van der Waals surface area contributed by atoms with E-state index < -0.39 is 15.8 Å². The van der Waals surface area contributed by atoms with Gasteiger partial charge in [-0.15, -0.1) is 0 Å². The molecule has 0 saturated carbocycles. The molecule has 2 rings (SSSR count). The fourth-order valence-corrected chi connectivity index (χ4v) is 2.60. The Kier molecular flexibility index (Phi) is 4.70. The van der Waals surface area contributed by atoms with Gasteiger partial charge in [0.25, 0.3) is 0 Å². The summed E-state index contributed by atoms with van der Waals surface area (Å²) >= 11 is 6.01. The zero-order chi connectivity index (χ0) is 17.4. The quantitative estimate of drug-likeness (QED) is 0.646. The van der Waals surface area contributed by atoms with Crippen LogP contribution < -0.4 is 4.90 Å². The summed E-state index contributed by atoms with van der Waals surface area (Å²) in [6.45, 7) is 5.73. The Labute approximate surface area is 139 Å². The highest BCUT2D eigenvalue weighted by atomic mass is 35.5. The Hall–Kier alpha value is -1.64. The number of oxime groups is 1. The number of halogens is 1. The summed E-state index contributed by atoms with van der Waals surface area (Å²) in [7, 11) is -4.68. The van der Waals surface area contributed by atoms with Crippen molar-refractivity contribution in [2.75, 3.05) is 11.4 Å². The summed E-state index contributed by atoms with van der Waals surface area (Å²) in [6, 6.07) is 4.85. The highest BCUT2D eigenvalue weighted by Gasteiger charge is 2.33. The number of amides is 1. The second-order valence-corrected chi connectivity index (χ2v) is 7.60. The van der Waals surface area contributed by atoms with E-state index in [1.165, 1.54) is 0 Å². The summed E-state index contributed by atoms with van der Waals surface area (Å²) in [5.74, 6) is -0.0873. The Morgan fingerprint density at radius 1 is 1.39 bits per heavy atom. The van der Waals surface area contributed by atoms with Crippen LogP contribution in [0.4, 0.5) is 5.69 Å². The number of benzene rings is 1. The van der Waals surface area contributed by atoms with Crippen LogP contribution in [0.15, 0.2) is 23.4 Å². The van der Waals surface area contributed by atoms with E-state index in [0.29, 0.717) is 28.5 Å². The number of rotatable bonds is 2. The molecule has 0 bridgehead atoms. The van der Waals surface area contributed by atoms with Gasteiger partial charge in [-0.2, -0.15) is 8.42 Å². The maximum atomic E-state index is 12.6. The Balaban J connectivity index is 2.48. The van der Waals surface area contributed by atoms with E-state index in [2.05, 4.69) is 9.44 Å². The molecule has 1 heterocycles. The van der Waals surface area contributed by atoms with E-state index in [1.807, 2.05) is 20.8 Å². The second-order valence-electron chi connectivity index (χ2n) is 6.16. The molecule has 1 N–H and O–H groups in total. The molecule has 0 fully saturated rings. The fourth-order valence-electron chi connectivity index (χ4n) is 2.25. The van der Waals surface area contributed by atoms with Gasteiger partial charge in [0.1, 0.15) is 0 Å². The lowest BCUT2D eigenvalue weighted by atomic mass is 9.91. The minimum Gasteiger partial charge on any atom is -0.311 e. The van der Waals surface area contributed by atoms with Crippen molar-refractivity contribution in [3.05, 3.63) is 28.8 Å². The number of hydrogen-bond donors (Lipinski definition) is 1. The van der Waals surface area contributed by atoms with E-state index in [9.17, 15) is 13.2 Å². The molecule has 1 amide bonds. The summed E-state index contributed by atoms with van der Waals surface area (Å²) in [4.78, 5) is 14.2. The van der Waals surface area contributed by atoms with Gasteiger partial charge in [-0.25, -0.2) is 4.28 Å². The first-order valence-electron chi connectivity index (χ1n) is 6.84. The smallest absolute Gasteiger partial charge is 0.311 e. The standard InChI is InChI=1S/C14H17ClN2O5S/c1-14(2,3)13(18)17-7-6-11(16-22-23(19,20)21)10-5-4-9(15)8-12(10)17/h4-5,8H,6-7H2,1-3H3,(H,19,20,21)/b16-11-. The van der Waals surface area contributed by atoms with E-state index in [0.717, 1.165) is 0 Å². The first-order valence-corrected chi connectivity index (χ1v) is 8.58. The molecular formula is C14H17ClN2O5S. The summed E-state index contributed by atoms with van der Waals surface area (Å²) < 4.78 is 34.1. The molecule has 0 radical (unpaired) electrons. The molecule has 1 aliphatic heterocycles. The summed E-state index contributed by atoms with van der Waals surface area (Å²) in [5, 5.41) is 3.92. The molecule has 1 aromatic rings. The molecule has 126 valence electrons. The van der Waals surface area contributed by atoms with Crippen LogP contribution in [0.5, 0.6) is 0 Å². The zero-order valence-electron chi connectivity index (χ0n) is 12.9. The predicted molar refractivity (Wildman–Crippen MR) is 87.0 cm³/mol. The first kappa shape index (κ1) is 17.7. The van der Waals surface area contributed by atoms with Crippen molar-refractivity contribution in [3.63, 3.8) is 0 Å². The molecule has 23 heavy (non-hydrogen) atoms. The molecule has 0 atom stereocenters. The van der Waals surface area contributed by atoms with Crippen molar-refractivity contribution >= 4 is 39.3 Å². The van der Waals surface area contributed by atoms with Gasteiger partial charge in [0.2, 0.25) is 5.91 Å². The largest absolute Gasteiger partial charge is 0.466 e. The van der Waals surface area contributed by atoms with Crippen molar-refractivity contribution in [3.8, 4) is 0 Å². The number of nitrogens with zero attached hydrogens (tertiary/aromatic N) is 2. The lowest BCUT2D eigenvalue weighted by molar-refractivity contribution is -0.125. The molecule has 9 heteroatoms. The minimum absolute atomic E-state index is 0.0873. The highest BCUT2D eigenvalue weighted by molar-refractivity contribution is 7.80. The van der Waals surface area contributed by atoms with Gasteiger partial charge in [0.05, 0.1) is 11.4 Å². The molecule has 0 aliphatic carbocycles. The van der Waals surface area contributed by atoms with Gasteiger partial charge >= 0.3 is 10.4 Å². The molecule has 7 nitrogen and oxygen atoms in total. The van der Waals surface area contributed by atoms with Gasteiger partial charge in [-0.1, -0.05) is 37.5 Å². The average Bonchev–Trinajstić information content (AvgIpc) is 2.41. The molecule has 0 aromatic heterocycles. The Morgan fingerprint density at radius 3 is 2.61 bits per heavy atom. The van der Waals surface area contributed by atoms with Gasteiger partial charge in [0, 0.05) is 29.0 Å². The number of anilines is 1. The van der Waals surface area contributed by atoms with E-state index >= 15 is 0 Å².